The molecule has 0 fully saturated rings. The molecule has 1 aliphatic carbocycles. The Kier molecular flexibility index (Phi) is 5.63. The van der Waals surface area contributed by atoms with E-state index in [2.05, 4.69) is 152 Å². The van der Waals surface area contributed by atoms with Gasteiger partial charge in [0.15, 0.2) is 0 Å². The van der Waals surface area contributed by atoms with Crippen molar-refractivity contribution in [3.05, 3.63) is 163 Å². The predicted octanol–water partition coefficient (Wildman–Crippen LogP) is 12.9. The van der Waals surface area contributed by atoms with E-state index in [0.717, 1.165) is 60.9 Å². The van der Waals surface area contributed by atoms with Gasteiger partial charge in [-0.15, -0.1) is 0 Å². The Bertz CT molecular complexity index is 2690. The van der Waals surface area contributed by atoms with E-state index < -0.39 is 0 Å². The summed E-state index contributed by atoms with van der Waals surface area (Å²) in [7, 11) is 0. The van der Waals surface area contributed by atoms with Crippen LogP contribution in [0.5, 0.6) is 0 Å². The zero-order valence-electron chi connectivity index (χ0n) is 26.7. The van der Waals surface area contributed by atoms with Gasteiger partial charge in [0.2, 0.25) is 0 Å². The van der Waals surface area contributed by atoms with E-state index in [0.29, 0.717) is 0 Å². The van der Waals surface area contributed by atoms with Crippen LogP contribution in [0.3, 0.4) is 0 Å². The molecule has 3 heteroatoms. The lowest BCUT2D eigenvalue weighted by Gasteiger charge is -2.28. The van der Waals surface area contributed by atoms with Crippen LogP contribution in [0.4, 0.5) is 17.1 Å². The van der Waals surface area contributed by atoms with Crippen molar-refractivity contribution in [2.24, 2.45) is 0 Å². The standard InChI is InChI=1S/C45H31NO2/c1-45(2)37-15-8-6-13-32(37)33-24-23-31(25-38(33)45)46(30-21-19-29(20-22-30)28-11-4-3-5-12-28)39-16-10-18-41-44(39)36-26-35-34-14-7-9-17-40(34)47-42(35)27-43(36)48-41/h3-27H,1-2H3. The van der Waals surface area contributed by atoms with Crippen molar-refractivity contribution in [3.8, 4) is 22.3 Å². The SMILES string of the molecule is CC1(C)c2ccccc2-c2ccc(N(c3ccc(-c4ccccc4)cc3)c3cccc4oc5cc6oc7ccccc7c6cc5c34)cc21. The lowest BCUT2D eigenvalue weighted by molar-refractivity contribution is 0.656. The quantitative estimate of drug-likeness (QED) is 0.197. The van der Waals surface area contributed by atoms with E-state index in [1.165, 1.54) is 33.4 Å². The van der Waals surface area contributed by atoms with Gasteiger partial charge in [0.1, 0.15) is 22.3 Å². The molecule has 0 N–H and O–H groups in total. The Morgan fingerprint density at radius 2 is 1.10 bits per heavy atom. The van der Waals surface area contributed by atoms with Gasteiger partial charge >= 0.3 is 0 Å². The highest BCUT2D eigenvalue weighted by Gasteiger charge is 2.36. The van der Waals surface area contributed by atoms with E-state index in [1.807, 2.05) is 18.2 Å². The average molecular weight is 618 g/mol. The van der Waals surface area contributed by atoms with Crippen molar-refractivity contribution in [2.45, 2.75) is 19.3 Å². The van der Waals surface area contributed by atoms with Crippen LogP contribution < -0.4 is 4.90 Å². The summed E-state index contributed by atoms with van der Waals surface area (Å²) < 4.78 is 12.8. The maximum absolute atomic E-state index is 6.56. The number of anilines is 3. The number of para-hydroxylation sites is 1. The van der Waals surface area contributed by atoms with Crippen molar-refractivity contribution in [2.75, 3.05) is 4.90 Å². The molecule has 7 aromatic carbocycles. The molecule has 0 saturated carbocycles. The number of nitrogens with zero attached hydrogens (tertiary/aromatic N) is 1. The predicted molar refractivity (Wildman–Crippen MR) is 199 cm³/mol. The monoisotopic (exact) mass is 617 g/mol. The molecular weight excluding hydrogens is 587 g/mol. The van der Waals surface area contributed by atoms with Crippen LogP contribution in [-0.2, 0) is 5.41 Å². The summed E-state index contributed by atoms with van der Waals surface area (Å²) in [6, 6.07) is 54.1. The first kappa shape index (κ1) is 27.1. The molecule has 0 spiro atoms. The second-order valence-electron chi connectivity index (χ2n) is 13.3. The van der Waals surface area contributed by atoms with E-state index in [-0.39, 0.29) is 5.41 Å². The largest absolute Gasteiger partial charge is 0.456 e. The van der Waals surface area contributed by atoms with Gasteiger partial charge < -0.3 is 13.7 Å². The third-order valence-electron chi connectivity index (χ3n) is 10.3. The summed E-state index contributed by atoms with van der Waals surface area (Å²) >= 11 is 0. The Balaban J connectivity index is 1.22. The smallest absolute Gasteiger partial charge is 0.139 e. The minimum Gasteiger partial charge on any atom is -0.456 e. The Morgan fingerprint density at radius 3 is 1.98 bits per heavy atom. The third kappa shape index (κ3) is 3.88. The van der Waals surface area contributed by atoms with Crippen molar-refractivity contribution in [1.29, 1.82) is 0 Å². The topological polar surface area (TPSA) is 29.5 Å². The lowest BCUT2D eigenvalue weighted by Crippen LogP contribution is -2.16. The molecule has 48 heavy (non-hydrogen) atoms. The number of fused-ring (bicyclic) bond motifs is 9. The van der Waals surface area contributed by atoms with Crippen LogP contribution in [0.25, 0.3) is 66.1 Å². The molecule has 0 atom stereocenters. The molecule has 10 rings (SSSR count). The van der Waals surface area contributed by atoms with Crippen molar-refractivity contribution in [3.63, 3.8) is 0 Å². The number of rotatable bonds is 4. The van der Waals surface area contributed by atoms with Crippen molar-refractivity contribution < 1.29 is 8.83 Å². The second-order valence-corrected chi connectivity index (χ2v) is 13.3. The summed E-state index contributed by atoms with van der Waals surface area (Å²) in [4.78, 5) is 2.39. The lowest BCUT2D eigenvalue weighted by atomic mass is 9.82. The minimum atomic E-state index is -0.118. The highest BCUT2D eigenvalue weighted by atomic mass is 16.3. The fourth-order valence-corrected chi connectivity index (χ4v) is 7.90. The van der Waals surface area contributed by atoms with Crippen LogP contribution in [0.15, 0.2) is 160 Å². The summed E-state index contributed by atoms with van der Waals surface area (Å²) in [6.45, 7) is 4.68. The van der Waals surface area contributed by atoms with Gasteiger partial charge in [-0.3, -0.25) is 0 Å². The molecule has 2 heterocycles. The molecule has 0 unspecified atom stereocenters. The van der Waals surface area contributed by atoms with Crippen molar-refractivity contribution >= 4 is 60.9 Å². The fraction of sp³-hybridized carbons (Fsp3) is 0.0667. The molecule has 0 bridgehead atoms. The van der Waals surface area contributed by atoms with Crippen LogP contribution in [-0.4, -0.2) is 0 Å². The number of furan rings is 2. The van der Waals surface area contributed by atoms with E-state index in [1.54, 1.807) is 0 Å². The molecule has 0 amide bonds. The highest BCUT2D eigenvalue weighted by molar-refractivity contribution is 6.19. The highest BCUT2D eigenvalue weighted by Crippen LogP contribution is 2.51. The minimum absolute atomic E-state index is 0.118. The van der Waals surface area contributed by atoms with Gasteiger partial charge in [-0.1, -0.05) is 111 Å². The molecule has 0 saturated heterocycles. The normalized spacial score (nSPS) is 13.4. The molecule has 0 radical (unpaired) electrons. The molecule has 0 aliphatic heterocycles. The van der Waals surface area contributed by atoms with Gasteiger partial charge in [0.25, 0.3) is 0 Å². The molecular formula is C45H31NO2. The van der Waals surface area contributed by atoms with Gasteiger partial charge in [-0.2, -0.15) is 0 Å². The first-order valence-corrected chi connectivity index (χ1v) is 16.5. The van der Waals surface area contributed by atoms with Crippen LogP contribution >= 0.6 is 0 Å². The first-order valence-electron chi connectivity index (χ1n) is 16.5. The Hall–Kier alpha value is -6.06. The Labute approximate surface area is 278 Å². The number of benzene rings is 7. The fourth-order valence-electron chi connectivity index (χ4n) is 7.90. The Morgan fingerprint density at radius 1 is 0.438 bits per heavy atom. The molecule has 2 aromatic heterocycles. The summed E-state index contributed by atoms with van der Waals surface area (Å²) in [5.74, 6) is 0. The zero-order valence-corrected chi connectivity index (χ0v) is 26.7. The average Bonchev–Trinajstić information content (AvgIpc) is 3.75. The first-order chi connectivity index (χ1) is 23.5. The molecule has 3 nitrogen and oxygen atoms in total. The van der Waals surface area contributed by atoms with Crippen LogP contribution in [0, 0.1) is 0 Å². The molecule has 1 aliphatic rings. The van der Waals surface area contributed by atoms with Gasteiger partial charge in [0.05, 0.1) is 11.1 Å². The van der Waals surface area contributed by atoms with Crippen LogP contribution in [0.1, 0.15) is 25.0 Å². The van der Waals surface area contributed by atoms with Gasteiger partial charge in [-0.25, -0.2) is 0 Å². The number of hydrogen-bond acceptors (Lipinski definition) is 3. The number of hydrogen-bond donors (Lipinski definition) is 0. The van der Waals surface area contributed by atoms with Gasteiger partial charge in [-0.05, 0) is 81.9 Å². The third-order valence-corrected chi connectivity index (χ3v) is 10.3. The van der Waals surface area contributed by atoms with E-state index in [4.69, 9.17) is 8.83 Å². The molecule has 9 aromatic rings. The van der Waals surface area contributed by atoms with E-state index in [9.17, 15) is 0 Å². The molecule has 228 valence electrons. The second kappa shape index (κ2) is 9.97. The van der Waals surface area contributed by atoms with Crippen LogP contribution in [0.2, 0.25) is 0 Å². The van der Waals surface area contributed by atoms with Gasteiger partial charge in [0, 0.05) is 39.0 Å². The summed E-state index contributed by atoms with van der Waals surface area (Å²) in [5, 5.41) is 4.34. The maximum atomic E-state index is 6.56. The summed E-state index contributed by atoms with van der Waals surface area (Å²) in [6.07, 6.45) is 0. The van der Waals surface area contributed by atoms with E-state index >= 15 is 0 Å². The summed E-state index contributed by atoms with van der Waals surface area (Å²) in [5.41, 5.74) is 14.2. The van der Waals surface area contributed by atoms with Crippen molar-refractivity contribution in [1.82, 2.24) is 0 Å². The maximum Gasteiger partial charge on any atom is 0.139 e. The zero-order chi connectivity index (χ0) is 32.0.